The third-order valence-corrected chi connectivity index (χ3v) is 4.27. The molecule has 1 aliphatic heterocycles. The highest BCUT2D eigenvalue weighted by molar-refractivity contribution is 5.58. The van der Waals surface area contributed by atoms with Crippen molar-refractivity contribution in [2.75, 3.05) is 0 Å². The van der Waals surface area contributed by atoms with Crippen LogP contribution in [0.15, 0.2) is 54.6 Å². The summed E-state index contributed by atoms with van der Waals surface area (Å²) >= 11 is 0. The van der Waals surface area contributed by atoms with Crippen molar-refractivity contribution >= 4 is 5.69 Å². The molecule has 4 rings (SSSR count). The summed E-state index contributed by atoms with van der Waals surface area (Å²) in [6.45, 7) is 0.855. The summed E-state index contributed by atoms with van der Waals surface area (Å²) in [6, 6.07) is 16.8. The van der Waals surface area contributed by atoms with Gasteiger partial charge in [0.25, 0.3) is 5.69 Å². The van der Waals surface area contributed by atoms with Gasteiger partial charge in [-0.25, -0.2) is 0 Å². The molecule has 114 valence electrons. The molecule has 1 atom stereocenters. The third-order valence-electron chi connectivity index (χ3n) is 4.27. The van der Waals surface area contributed by atoms with E-state index < -0.39 is 4.92 Å². The van der Waals surface area contributed by atoms with Gasteiger partial charge in [0.1, 0.15) is 5.82 Å². The van der Waals surface area contributed by atoms with Crippen LogP contribution in [0.1, 0.15) is 23.7 Å². The second-order valence-electron chi connectivity index (χ2n) is 5.59. The Morgan fingerprint density at radius 1 is 1.04 bits per heavy atom. The molecule has 1 aromatic heterocycles. The van der Waals surface area contributed by atoms with Crippen molar-refractivity contribution in [2.24, 2.45) is 0 Å². The van der Waals surface area contributed by atoms with Crippen molar-refractivity contribution in [3.8, 4) is 11.4 Å². The molecule has 0 N–H and O–H groups in total. The van der Waals surface area contributed by atoms with E-state index in [9.17, 15) is 10.1 Å². The fraction of sp³-hybridized carbons (Fsp3) is 0.176. The Morgan fingerprint density at radius 2 is 1.78 bits per heavy atom. The molecule has 1 unspecified atom stereocenters. The summed E-state index contributed by atoms with van der Waals surface area (Å²) in [5.41, 5.74) is 2.18. The van der Waals surface area contributed by atoms with Gasteiger partial charge < -0.3 is 4.57 Å². The lowest BCUT2D eigenvalue weighted by Gasteiger charge is -2.06. The van der Waals surface area contributed by atoms with Crippen LogP contribution in [0.3, 0.4) is 0 Å². The van der Waals surface area contributed by atoms with Gasteiger partial charge in [0.15, 0.2) is 5.82 Å². The maximum absolute atomic E-state index is 10.8. The summed E-state index contributed by atoms with van der Waals surface area (Å²) in [6.07, 6.45) is 0.995. The highest BCUT2D eigenvalue weighted by Crippen LogP contribution is 2.35. The Balaban J connectivity index is 1.70. The zero-order valence-corrected chi connectivity index (χ0v) is 12.3. The second kappa shape index (κ2) is 5.31. The minimum absolute atomic E-state index is 0.0806. The van der Waals surface area contributed by atoms with Gasteiger partial charge in [-0.1, -0.05) is 30.3 Å². The zero-order valence-electron chi connectivity index (χ0n) is 12.3. The molecule has 1 aliphatic rings. The summed E-state index contributed by atoms with van der Waals surface area (Å²) in [5.74, 6) is 1.99. The van der Waals surface area contributed by atoms with E-state index in [0.29, 0.717) is 0 Å². The molecule has 0 radical (unpaired) electrons. The maximum Gasteiger partial charge on any atom is 0.269 e. The molecule has 2 aromatic carbocycles. The molecular formula is C17H14N4O2. The number of benzene rings is 2. The topological polar surface area (TPSA) is 73.8 Å². The highest BCUT2D eigenvalue weighted by Gasteiger charge is 2.29. The van der Waals surface area contributed by atoms with Crippen LogP contribution in [0.2, 0.25) is 0 Å². The van der Waals surface area contributed by atoms with Gasteiger partial charge in [-0.2, -0.15) is 0 Å². The van der Waals surface area contributed by atoms with Gasteiger partial charge in [0.2, 0.25) is 0 Å². The lowest BCUT2D eigenvalue weighted by Crippen LogP contribution is -1.98. The molecule has 0 saturated carbocycles. The predicted octanol–water partition coefficient (Wildman–Crippen LogP) is 3.39. The Kier molecular flexibility index (Phi) is 3.15. The molecule has 0 bridgehead atoms. The smallest absolute Gasteiger partial charge is 0.269 e. The van der Waals surface area contributed by atoms with Crippen LogP contribution >= 0.6 is 0 Å². The zero-order chi connectivity index (χ0) is 15.8. The SMILES string of the molecule is O=[N+]([O-])c1ccc(-c2nnc3n2CCC3c2ccccc2)cc1. The Bertz CT molecular complexity index is 856. The Hall–Kier alpha value is -3.02. The lowest BCUT2D eigenvalue weighted by atomic mass is 9.98. The van der Waals surface area contributed by atoms with Crippen LogP contribution in [0, 0.1) is 10.1 Å². The van der Waals surface area contributed by atoms with Crippen molar-refractivity contribution in [2.45, 2.75) is 18.9 Å². The fourth-order valence-corrected chi connectivity index (χ4v) is 3.13. The van der Waals surface area contributed by atoms with Gasteiger partial charge in [-0.15, -0.1) is 10.2 Å². The number of hydrogen-bond donors (Lipinski definition) is 0. The average Bonchev–Trinajstić information content (AvgIpc) is 3.17. The standard InChI is InChI=1S/C17H14N4O2/c22-21(23)14-8-6-13(7-9-14)16-18-19-17-15(10-11-20(16)17)12-4-2-1-3-5-12/h1-9,15H,10-11H2. The number of nitro benzene ring substituents is 1. The number of non-ortho nitro benzene ring substituents is 1. The number of nitro groups is 1. The molecule has 23 heavy (non-hydrogen) atoms. The van der Waals surface area contributed by atoms with E-state index in [0.717, 1.165) is 30.2 Å². The van der Waals surface area contributed by atoms with Gasteiger partial charge in [0, 0.05) is 30.2 Å². The van der Waals surface area contributed by atoms with Crippen LogP contribution in [0.5, 0.6) is 0 Å². The Morgan fingerprint density at radius 3 is 2.48 bits per heavy atom. The summed E-state index contributed by atoms with van der Waals surface area (Å²) in [7, 11) is 0. The minimum Gasteiger partial charge on any atom is -0.310 e. The van der Waals surface area contributed by atoms with E-state index in [2.05, 4.69) is 26.9 Å². The van der Waals surface area contributed by atoms with Crippen LogP contribution in [0.4, 0.5) is 5.69 Å². The van der Waals surface area contributed by atoms with E-state index in [4.69, 9.17) is 0 Å². The monoisotopic (exact) mass is 306 g/mol. The van der Waals surface area contributed by atoms with E-state index in [-0.39, 0.29) is 11.6 Å². The predicted molar refractivity (Wildman–Crippen MR) is 85.0 cm³/mol. The summed E-state index contributed by atoms with van der Waals surface area (Å²) in [4.78, 5) is 10.4. The van der Waals surface area contributed by atoms with Crippen LogP contribution < -0.4 is 0 Å². The average molecular weight is 306 g/mol. The van der Waals surface area contributed by atoms with Crippen LogP contribution in [0.25, 0.3) is 11.4 Å². The molecule has 6 heteroatoms. The molecule has 0 aliphatic carbocycles. The molecule has 0 spiro atoms. The van der Waals surface area contributed by atoms with Gasteiger partial charge in [-0.05, 0) is 24.1 Å². The molecular weight excluding hydrogens is 292 g/mol. The molecule has 0 saturated heterocycles. The maximum atomic E-state index is 10.8. The quantitative estimate of drug-likeness (QED) is 0.549. The Labute approximate surface area is 132 Å². The lowest BCUT2D eigenvalue weighted by molar-refractivity contribution is -0.384. The van der Waals surface area contributed by atoms with Crippen molar-refractivity contribution in [3.63, 3.8) is 0 Å². The molecule has 6 nitrogen and oxygen atoms in total. The van der Waals surface area contributed by atoms with Gasteiger partial charge >= 0.3 is 0 Å². The van der Waals surface area contributed by atoms with Crippen LogP contribution in [-0.2, 0) is 6.54 Å². The first-order valence-corrected chi connectivity index (χ1v) is 7.47. The highest BCUT2D eigenvalue weighted by atomic mass is 16.6. The van der Waals surface area contributed by atoms with Crippen LogP contribution in [-0.4, -0.2) is 19.7 Å². The molecule has 3 aromatic rings. The summed E-state index contributed by atoms with van der Waals surface area (Å²) < 4.78 is 2.11. The van der Waals surface area contributed by atoms with E-state index in [1.807, 2.05) is 18.2 Å². The van der Waals surface area contributed by atoms with Crippen molar-refractivity contribution in [1.29, 1.82) is 0 Å². The molecule has 0 amide bonds. The number of nitrogens with zero attached hydrogens (tertiary/aromatic N) is 4. The largest absolute Gasteiger partial charge is 0.310 e. The first kappa shape index (κ1) is 13.6. The van der Waals surface area contributed by atoms with Crippen molar-refractivity contribution < 1.29 is 4.92 Å². The van der Waals surface area contributed by atoms with Crippen molar-refractivity contribution in [3.05, 3.63) is 76.1 Å². The van der Waals surface area contributed by atoms with E-state index >= 15 is 0 Å². The number of rotatable bonds is 3. The van der Waals surface area contributed by atoms with Gasteiger partial charge in [-0.3, -0.25) is 10.1 Å². The minimum atomic E-state index is -0.399. The normalized spacial score (nSPS) is 16.3. The third kappa shape index (κ3) is 2.28. The van der Waals surface area contributed by atoms with E-state index in [1.54, 1.807) is 12.1 Å². The number of fused-ring (bicyclic) bond motifs is 1. The summed E-state index contributed by atoms with van der Waals surface area (Å²) in [5, 5.41) is 19.4. The number of hydrogen-bond acceptors (Lipinski definition) is 4. The fourth-order valence-electron chi connectivity index (χ4n) is 3.13. The second-order valence-corrected chi connectivity index (χ2v) is 5.59. The van der Waals surface area contributed by atoms with Gasteiger partial charge in [0.05, 0.1) is 4.92 Å². The molecule has 0 fully saturated rings. The number of aromatic nitrogens is 3. The van der Waals surface area contributed by atoms with Crippen molar-refractivity contribution in [1.82, 2.24) is 14.8 Å². The first-order chi connectivity index (χ1) is 11.2. The molecule has 2 heterocycles. The first-order valence-electron chi connectivity index (χ1n) is 7.47. The van der Waals surface area contributed by atoms with E-state index in [1.165, 1.54) is 17.7 Å².